The van der Waals surface area contributed by atoms with Crippen LogP contribution in [0.3, 0.4) is 0 Å². The summed E-state index contributed by atoms with van der Waals surface area (Å²) in [5.74, 6) is -0.252. The Kier molecular flexibility index (Phi) is 5.45. The third kappa shape index (κ3) is 3.82. The van der Waals surface area contributed by atoms with E-state index in [1.165, 1.54) is 38.3 Å². The summed E-state index contributed by atoms with van der Waals surface area (Å²) in [5, 5.41) is 2.92. The smallest absolute Gasteiger partial charge is 0.272 e. The number of carbonyl (C=O) groups excluding carboxylic acids is 2. The molecule has 0 saturated carbocycles. The number of nitrogens with one attached hydrogen (secondary N) is 2. The van der Waals surface area contributed by atoms with Gasteiger partial charge >= 0.3 is 0 Å². The summed E-state index contributed by atoms with van der Waals surface area (Å²) < 4.78 is 0. The van der Waals surface area contributed by atoms with Crippen molar-refractivity contribution in [2.45, 2.75) is 46.5 Å². The number of Topliss-reactive ketones (excluding diaryl/α,β-unsaturated/α-hetero) is 1. The number of hydrogen-bond acceptors (Lipinski definition) is 3. The molecule has 1 aliphatic rings. The Balaban J connectivity index is 1.72. The second-order valence-electron chi connectivity index (χ2n) is 7.08. The minimum Gasteiger partial charge on any atom is -0.372 e. The van der Waals surface area contributed by atoms with Crippen LogP contribution in [-0.2, 0) is 0 Å². The lowest BCUT2D eigenvalue weighted by molar-refractivity contribution is 0.101. The number of aromatic nitrogens is 1. The number of amides is 1. The normalized spacial score (nSPS) is 14.8. The first-order chi connectivity index (χ1) is 12.5. The van der Waals surface area contributed by atoms with Gasteiger partial charge in [-0.2, -0.15) is 0 Å². The van der Waals surface area contributed by atoms with E-state index < -0.39 is 0 Å². The summed E-state index contributed by atoms with van der Waals surface area (Å²) in [6.07, 6.45) is 5.09. The third-order valence-electron chi connectivity index (χ3n) is 5.11. The molecule has 3 rings (SSSR count). The molecule has 0 atom stereocenters. The van der Waals surface area contributed by atoms with Crippen molar-refractivity contribution in [1.82, 2.24) is 4.98 Å². The Bertz CT molecular complexity index is 797. The standard InChI is InChI=1S/C21H27N3O2/c1-14-19(16(3)25)15(2)22-20(14)21(26)23-17-8-10-18(11-9-17)24-12-6-4-5-7-13-24/h8-11,22H,4-7,12-13H2,1-3H3,(H,23,26). The van der Waals surface area contributed by atoms with Crippen molar-refractivity contribution < 1.29 is 9.59 Å². The molecular formula is C21H27N3O2. The van der Waals surface area contributed by atoms with E-state index in [0.29, 0.717) is 16.8 Å². The molecule has 1 saturated heterocycles. The zero-order chi connectivity index (χ0) is 18.7. The zero-order valence-electron chi connectivity index (χ0n) is 15.8. The van der Waals surface area contributed by atoms with Crippen LogP contribution in [-0.4, -0.2) is 29.8 Å². The topological polar surface area (TPSA) is 65.2 Å². The SMILES string of the molecule is CC(=O)c1c(C)[nH]c(C(=O)Nc2ccc(N3CCCCCC3)cc2)c1C. The van der Waals surface area contributed by atoms with Gasteiger partial charge in [0.1, 0.15) is 5.69 Å². The van der Waals surface area contributed by atoms with E-state index in [-0.39, 0.29) is 11.7 Å². The lowest BCUT2D eigenvalue weighted by atomic mass is 10.1. The molecule has 0 radical (unpaired) electrons. The lowest BCUT2D eigenvalue weighted by Crippen LogP contribution is -2.23. The van der Waals surface area contributed by atoms with Gasteiger partial charge in [0.25, 0.3) is 5.91 Å². The highest BCUT2D eigenvalue weighted by atomic mass is 16.2. The molecule has 26 heavy (non-hydrogen) atoms. The molecule has 138 valence electrons. The molecule has 2 N–H and O–H groups in total. The molecule has 5 heteroatoms. The van der Waals surface area contributed by atoms with Gasteiger partial charge in [-0.05, 0) is 63.4 Å². The Morgan fingerprint density at radius 3 is 2.15 bits per heavy atom. The van der Waals surface area contributed by atoms with Gasteiger partial charge in [0, 0.05) is 35.7 Å². The van der Waals surface area contributed by atoms with Gasteiger partial charge in [-0.15, -0.1) is 0 Å². The number of rotatable bonds is 4. The van der Waals surface area contributed by atoms with Gasteiger partial charge in [0.15, 0.2) is 5.78 Å². The summed E-state index contributed by atoms with van der Waals surface area (Å²) in [4.78, 5) is 29.8. The van der Waals surface area contributed by atoms with Crippen LogP contribution in [0.5, 0.6) is 0 Å². The highest BCUT2D eigenvalue weighted by Gasteiger charge is 2.20. The monoisotopic (exact) mass is 353 g/mol. The van der Waals surface area contributed by atoms with Crippen molar-refractivity contribution in [3.05, 3.63) is 46.8 Å². The van der Waals surface area contributed by atoms with E-state index in [0.717, 1.165) is 24.5 Å². The van der Waals surface area contributed by atoms with E-state index in [1.54, 1.807) is 6.92 Å². The molecule has 1 amide bonds. The van der Waals surface area contributed by atoms with Crippen LogP contribution in [0.4, 0.5) is 11.4 Å². The maximum Gasteiger partial charge on any atom is 0.272 e. The molecule has 0 aliphatic carbocycles. The predicted molar refractivity (Wildman–Crippen MR) is 105 cm³/mol. The van der Waals surface area contributed by atoms with Crippen LogP contribution < -0.4 is 10.2 Å². The Morgan fingerprint density at radius 2 is 1.62 bits per heavy atom. The van der Waals surface area contributed by atoms with Crippen molar-refractivity contribution in [1.29, 1.82) is 0 Å². The minimum absolute atomic E-state index is 0.0305. The first-order valence-corrected chi connectivity index (χ1v) is 9.34. The largest absolute Gasteiger partial charge is 0.372 e. The van der Waals surface area contributed by atoms with Gasteiger partial charge in [-0.25, -0.2) is 0 Å². The fourth-order valence-electron chi connectivity index (χ4n) is 3.78. The maximum atomic E-state index is 12.6. The van der Waals surface area contributed by atoms with Gasteiger partial charge in [-0.3, -0.25) is 9.59 Å². The Labute approximate surface area is 154 Å². The third-order valence-corrected chi connectivity index (χ3v) is 5.11. The van der Waals surface area contributed by atoms with E-state index in [4.69, 9.17) is 0 Å². The van der Waals surface area contributed by atoms with Crippen LogP contribution in [0, 0.1) is 13.8 Å². The molecule has 5 nitrogen and oxygen atoms in total. The highest BCUT2D eigenvalue weighted by Crippen LogP contribution is 2.23. The fourth-order valence-corrected chi connectivity index (χ4v) is 3.78. The number of anilines is 2. The number of aromatic amines is 1. The van der Waals surface area contributed by atoms with Crippen LogP contribution in [0.2, 0.25) is 0 Å². The number of aryl methyl sites for hydroxylation is 1. The van der Waals surface area contributed by atoms with Crippen molar-refractivity contribution >= 4 is 23.1 Å². The first-order valence-electron chi connectivity index (χ1n) is 9.34. The van der Waals surface area contributed by atoms with Gasteiger partial charge in [0.2, 0.25) is 0 Å². The minimum atomic E-state index is -0.222. The second-order valence-corrected chi connectivity index (χ2v) is 7.08. The molecular weight excluding hydrogens is 326 g/mol. The number of ketones is 1. The number of H-pyrrole nitrogens is 1. The summed E-state index contributed by atoms with van der Waals surface area (Å²) in [6, 6.07) is 8.01. The average molecular weight is 353 g/mol. The van der Waals surface area contributed by atoms with E-state index in [9.17, 15) is 9.59 Å². The van der Waals surface area contributed by atoms with Crippen molar-refractivity contribution in [2.75, 3.05) is 23.3 Å². The van der Waals surface area contributed by atoms with Gasteiger partial charge < -0.3 is 15.2 Å². The number of carbonyl (C=O) groups is 2. The highest BCUT2D eigenvalue weighted by molar-refractivity contribution is 6.07. The van der Waals surface area contributed by atoms with Crippen molar-refractivity contribution in [2.24, 2.45) is 0 Å². The second kappa shape index (κ2) is 7.77. The van der Waals surface area contributed by atoms with Gasteiger partial charge in [-0.1, -0.05) is 12.8 Å². The molecule has 1 aromatic carbocycles. The summed E-state index contributed by atoms with van der Waals surface area (Å²) >= 11 is 0. The molecule has 1 fully saturated rings. The van der Waals surface area contributed by atoms with E-state index >= 15 is 0 Å². The predicted octanol–water partition coefficient (Wildman–Crippen LogP) is 4.47. The fraction of sp³-hybridized carbons (Fsp3) is 0.429. The summed E-state index contributed by atoms with van der Waals surface area (Å²) in [7, 11) is 0. The zero-order valence-corrected chi connectivity index (χ0v) is 15.8. The molecule has 1 aromatic heterocycles. The van der Waals surface area contributed by atoms with Crippen molar-refractivity contribution in [3.63, 3.8) is 0 Å². The van der Waals surface area contributed by atoms with Gasteiger partial charge in [0.05, 0.1) is 0 Å². The van der Waals surface area contributed by atoms with Crippen LogP contribution in [0.25, 0.3) is 0 Å². The molecule has 1 aliphatic heterocycles. The van der Waals surface area contributed by atoms with E-state index in [2.05, 4.69) is 27.3 Å². The molecule has 0 bridgehead atoms. The number of benzene rings is 1. The summed E-state index contributed by atoms with van der Waals surface area (Å²) in [5.41, 5.74) is 4.45. The van der Waals surface area contributed by atoms with E-state index in [1.807, 2.05) is 19.1 Å². The molecule has 0 spiro atoms. The van der Waals surface area contributed by atoms with Crippen LogP contribution in [0.1, 0.15) is 64.7 Å². The molecule has 2 aromatic rings. The van der Waals surface area contributed by atoms with Crippen molar-refractivity contribution in [3.8, 4) is 0 Å². The number of hydrogen-bond donors (Lipinski definition) is 2. The molecule has 2 heterocycles. The average Bonchev–Trinajstić information content (AvgIpc) is 2.79. The number of nitrogens with zero attached hydrogens (tertiary/aromatic N) is 1. The lowest BCUT2D eigenvalue weighted by Gasteiger charge is -2.22. The Morgan fingerprint density at radius 1 is 1.00 bits per heavy atom. The maximum absolute atomic E-state index is 12.6. The molecule has 0 unspecified atom stereocenters. The quantitative estimate of drug-likeness (QED) is 0.797. The Hall–Kier alpha value is -2.56. The van der Waals surface area contributed by atoms with Crippen LogP contribution >= 0.6 is 0 Å². The first kappa shape index (κ1) is 18.2. The van der Waals surface area contributed by atoms with Crippen LogP contribution in [0.15, 0.2) is 24.3 Å². The summed E-state index contributed by atoms with van der Waals surface area (Å²) in [6.45, 7) is 7.33.